The van der Waals surface area contributed by atoms with Gasteiger partial charge in [-0.25, -0.2) is 0 Å². The maximum absolute atomic E-state index is 12.1. The molecule has 0 bridgehead atoms. The van der Waals surface area contributed by atoms with Gasteiger partial charge in [0, 0.05) is 36.3 Å². The average Bonchev–Trinajstić information content (AvgIpc) is 2.51. The van der Waals surface area contributed by atoms with Crippen molar-refractivity contribution in [2.24, 2.45) is 0 Å². The summed E-state index contributed by atoms with van der Waals surface area (Å²) in [6.07, 6.45) is 0.594. The Hall–Kier alpha value is -1.89. The van der Waals surface area contributed by atoms with Crippen LogP contribution in [0.5, 0.6) is 0 Å². The fraction of sp³-hybridized carbons (Fsp3) is 0.400. The van der Waals surface area contributed by atoms with Gasteiger partial charge in [0.15, 0.2) is 0 Å². The summed E-state index contributed by atoms with van der Waals surface area (Å²) >= 11 is 3.40. The number of rotatable bonds is 4. The number of benzene rings is 1. The van der Waals surface area contributed by atoms with Crippen LogP contribution in [-0.2, 0) is 14.4 Å². The first kappa shape index (κ1) is 16.5. The lowest BCUT2D eigenvalue weighted by Gasteiger charge is -2.32. The molecule has 7 heteroatoms. The average molecular weight is 368 g/mol. The monoisotopic (exact) mass is 367 g/mol. The molecule has 0 aromatic heterocycles. The molecule has 1 saturated heterocycles. The Labute approximate surface area is 137 Å². The van der Waals surface area contributed by atoms with Crippen LogP contribution in [0.1, 0.15) is 12.0 Å². The molecular formula is C15H18BrN3O3. The predicted molar refractivity (Wildman–Crippen MR) is 86.3 cm³/mol. The van der Waals surface area contributed by atoms with Gasteiger partial charge < -0.3 is 15.1 Å². The summed E-state index contributed by atoms with van der Waals surface area (Å²) in [5.41, 5.74) is 1.73. The number of hydrogen-bond acceptors (Lipinski definition) is 3. The summed E-state index contributed by atoms with van der Waals surface area (Å²) in [6, 6.07) is 5.49. The molecule has 1 aromatic rings. The normalized spacial score (nSPS) is 14.6. The van der Waals surface area contributed by atoms with Gasteiger partial charge in [-0.15, -0.1) is 0 Å². The highest BCUT2D eigenvalue weighted by molar-refractivity contribution is 9.10. The molecule has 1 N–H and O–H groups in total. The first-order valence-electron chi connectivity index (χ1n) is 7.02. The fourth-order valence-corrected chi connectivity index (χ4v) is 2.58. The summed E-state index contributed by atoms with van der Waals surface area (Å²) in [5.74, 6) is -0.548. The molecule has 0 spiro atoms. The molecule has 0 saturated carbocycles. The van der Waals surface area contributed by atoms with Crippen LogP contribution >= 0.6 is 15.9 Å². The summed E-state index contributed by atoms with van der Waals surface area (Å²) < 4.78 is 0.904. The number of nitrogens with zero attached hydrogens (tertiary/aromatic N) is 2. The number of halogens is 1. The third-order valence-corrected chi connectivity index (χ3v) is 4.44. The molecule has 6 nitrogen and oxygen atoms in total. The fourth-order valence-electron chi connectivity index (χ4n) is 2.20. The number of aryl methyl sites for hydroxylation is 1. The molecule has 1 fully saturated rings. The lowest BCUT2D eigenvalue weighted by molar-refractivity contribution is -0.137. The van der Waals surface area contributed by atoms with E-state index in [2.05, 4.69) is 21.2 Å². The zero-order valence-corrected chi connectivity index (χ0v) is 13.9. The van der Waals surface area contributed by atoms with Gasteiger partial charge in [0.2, 0.25) is 18.2 Å². The van der Waals surface area contributed by atoms with Crippen LogP contribution in [0.2, 0.25) is 0 Å². The zero-order chi connectivity index (χ0) is 16.1. The Morgan fingerprint density at radius 1 is 1.27 bits per heavy atom. The third kappa shape index (κ3) is 4.30. The SMILES string of the molecule is Cc1ccc(NC(=O)CC(=O)N2CCN(C=O)CC2)cc1Br. The highest BCUT2D eigenvalue weighted by Gasteiger charge is 2.22. The lowest BCUT2D eigenvalue weighted by atomic mass is 10.2. The van der Waals surface area contributed by atoms with E-state index in [-0.39, 0.29) is 18.2 Å². The second kappa shape index (κ2) is 7.40. The molecule has 1 aliphatic heterocycles. The topological polar surface area (TPSA) is 69.7 Å². The molecule has 118 valence electrons. The summed E-state index contributed by atoms with van der Waals surface area (Å²) in [7, 11) is 0. The Balaban J connectivity index is 1.85. The van der Waals surface area contributed by atoms with Crippen LogP contribution in [-0.4, -0.2) is 54.2 Å². The van der Waals surface area contributed by atoms with E-state index in [9.17, 15) is 14.4 Å². The minimum absolute atomic E-state index is 0.188. The molecule has 0 radical (unpaired) electrons. The number of carbonyl (C=O) groups excluding carboxylic acids is 3. The minimum atomic E-state index is -0.335. The maximum atomic E-state index is 12.1. The second-order valence-electron chi connectivity index (χ2n) is 5.21. The Kier molecular flexibility index (Phi) is 5.54. The summed E-state index contributed by atoms with van der Waals surface area (Å²) in [6.45, 7) is 3.93. The van der Waals surface area contributed by atoms with E-state index < -0.39 is 0 Å². The summed E-state index contributed by atoms with van der Waals surface area (Å²) in [5, 5.41) is 2.72. The smallest absolute Gasteiger partial charge is 0.233 e. The Morgan fingerprint density at radius 3 is 2.55 bits per heavy atom. The standard InChI is InChI=1S/C15H18BrN3O3/c1-11-2-3-12(8-13(11)16)17-14(21)9-15(22)19-6-4-18(10-20)5-7-19/h2-3,8,10H,4-7,9H2,1H3,(H,17,21). The van der Waals surface area contributed by atoms with E-state index >= 15 is 0 Å². The van der Waals surface area contributed by atoms with E-state index in [4.69, 9.17) is 0 Å². The molecule has 0 atom stereocenters. The van der Waals surface area contributed by atoms with Crippen molar-refractivity contribution in [3.63, 3.8) is 0 Å². The van der Waals surface area contributed by atoms with E-state index in [1.165, 1.54) is 0 Å². The highest BCUT2D eigenvalue weighted by Crippen LogP contribution is 2.20. The quantitative estimate of drug-likeness (QED) is 0.645. The van der Waals surface area contributed by atoms with Crippen molar-refractivity contribution in [1.29, 1.82) is 0 Å². The molecule has 0 unspecified atom stereocenters. The molecule has 2 rings (SSSR count). The van der Waals surface area contributed by atoms with Gasteiger partial charge in [-0.3, -0.25) is 14.4 Å². The van der Waals surface area contributed by atoms with E-state index in [0.29, 0.717) is 31.9 Å². The third-order valence-electron chi connectivity index (χ3n) is 3.58. The van der Waals surface area contributed by atoms with Crippen LogP contribution in [0.25, 0.3) is 0 Å². The Morgan fingerprint density at radius 2 is 1.95 bits per heavy atom. The van der Waals surface area contributed by atoms with Crippen molar-refractivity contribution in [3.05, 3.63) is 28.2 Å². The number of amides is 3. The Bertz CT molecular complexity index is 583. The molecule has 1 aliphatic rings. The van der Waals surface area contributed by atoms with Crippen molar-refractivity contribution in [3.8, 4) is 0 Å². The van der Waals surface area contributed by atoms with Gasteiger partial charge in [0.05, 0.1) is 0 Å². The van der Waals surface area contributed by atoms with Crippen LogP contribution in [0.15, 0.2) is 22.7 Å². The molecule has 22 heavy (non-hydrogen) atoms. The van der Waals surface area contributed by atoms with Crippen LogP contribution in [0.3, 0.4) is 0 Å². The molecule has 3 amide bonds. The van der Waals surface area contributed by atoms with Crippen molar-refractivity contribution in [1.82, 2.24) is 9.80 Å². The summed E-state index contributed by atoms with van der Waals surface area (Å²) in [4.78, 5) is 37.9. The van der Waals surface area contributed by atoms with E-state index in [1.807, 2.05) is 13.0 Å². The van der Waals surface area contributed by atoms with Gasteiger partial charge >= 0.3 is 0 Å². The number of nitrogens with one attached hydrogen (secondary N) is 1. The van der Waals surface area contributed by atoms with Gasteiger partial charge in [0.1, 0.15) is 6.42 Å². The van der Waals surface area contributed by atoms with Crippen molar-refractivity contribution in [2.75, 3.05) is 31.5 Å². The maximum Gasteiger partial charge on any atom is 0.233 e. The molecular weight excluding hydrogens is 350 g/mol. The zero-order valence-electron chi connectivity index (χ0n) is 12.3. The van der Waals surface area contributed by atoms with Crippen LogP contribution in [0, 0.1) is 6.92 Å². The van der Waals surface area contributed by atoms with Crippen LogP contribution < -0.4 is 5.32 Å². The van der Waals surface area contributed by atoms with E-state index in [0.717, 1.165) is 16.4 Å². The highest BCUT2D eigenvalue weighted by atomic mass is 79.9. The van der Waals surface area contributed by atoms with Gasteiger partial charge in [-0.05, 0) is 24.6 Å². The van der Waals surface area contributed by atoms with Crippen molar-refractivity contribution in [2.45, 2.75) is 13.3 Å². The first-order chi connectivity index (χ1) is 10.5. The number of hydrogen-bond donors (Lipinski definition) is 1. The number of anilines is 1. The van der Waals surface area contributed by atoms with Gasteiger partial charge in [-0.2, -0.15) is 0 Å². The van der Waals surface area contributed by atoms with Crippen molar-refractivity contribution >= 4 is 39.8 Å². The van der Waals surface area contributed by atoms with Crippen molar-refractivity contribution < 1.29 is 14.4 Å². The number of carbonyl (C=O) groups is 3. The largest absolute Gasteiger partial charge is 0.342 e. The minimum Gasteiger partial charge on any atom is -0.342 e. The molecule has 0 aliphatic carbocycles. The van der Waals surface area contributed by atoms with Gasteiger partial charge in [-0.1, -0.05) is 22.0 Å². The lowest BCUT2D eigenvalue weighted by Crippen LogP contribution is -2.48. The number of piperazine rings is 1. The molecule has 1 heterocycles. The first-order valence-corrected chi connectivity index (χ1v) is 7.82. The predicted octanol–water partition coefficient (Wildman–Crippen LogP) is 1.39. The van der Waals surface area contributed by atoms with Crippen LogP contribution in [0.4, 0.5) is 5.69 Å². The molecule has 1 aromatic carbocycles. The van der Waals surface area contributed by atoms with E-state index in [1.54, 1.807) is 21.9 Å². The second-order valence-corrected chi connectivity index (χ2v) is 6.07. The van der Waals surface area contributed by atoms with Gasteiger partial charge in [0.25, 0.3) is 0 Å².